The Morgan fingerprint density at radius 1 is 1.47 bits per heavy atom. The molecule has 84 valence electrons. The molecule has 0 unspecified atom stereocenters. The number of fused-ring (bicyclic) bond motifs is 1. The van der Waals surface area contributed by atoms with Gasteiger partial charge in [-0.15, -0.1) is 0 Å². The van der Waals surface area contributed by atoms with Crippen LogP contribution in [-0.2, 0) is 4.79 Å². The van der Waals surface area contributed by atoms with Crippen LogP contribution in [0.25, 0.3) is 10.9 Å². The summed E-state index contributed by atoms with van der Waals surface area (Å²) in [5.74, 6) is -0.610. The van der Waals surface area contributed by atoms with Crippen LogP contribution in [0.3, 0.4) is 0 Å². The fourth-order valence-corrected chi connectivity index (χ4v) is 1.58. The molecule has 17 heavy (non-hydrogen) atoms. The van der Waals surface area contributed by atoms with Crippen LogP contribution in [0.4, 0.5) is 0 Å². The minimum atomic E-state index is -1.03. The molecule has 2 aromatic rings. The number of hydrogen-bond donors (Lipinski definition) is 1. The van der Waals surface area contributed by atoms with Crippen molar-refractivity contribution in [2.45, 2.75) is 0 Å². The number of benzene rings is 1. The van der Waals surface area contributed by atoms with Gasteiger partial charge in [0.25, 0.3) is 0 Å². The van der Waals surface area contributed by atoms with Gasteiger partial charge in [0.05, 0.1) is 5.02 Å². The van der Waals surface area contributed by atoms with Crippen LogP contribution in [0.5, 0.6) is 5.75 Å². The third-order valence-corrected chi connectivity index (χ3v) is 2.36. The molecule has 0 radical (unpaired) electrons. The Hall–Kier alpha value is -0.810. The van der Waals surface area contributed by atoms with Crippen LogP contribution in [0.15, 0.2) is 30.5 Å². The second-order valence-corrected chi connectivity index (χ2v) is 3.53. The first kappa shape index (κ1) is 14.3. The van der Waals surface area contributed by atoms with Gasteiger partial charge in [0.15, 0.2) is 6.61 Å². The Kier molecular flexibility index (Phi) is 5.21. The van der Waals surface area contributed by atoms with E-state index in [9.17, 15) is 4.79 Å². The zero-order chi connectivity index (χ0) is 11.5. The van der Waals surface area contributed by atoms with Crippen molar-refractivity contribution < 1.29 is 45.6 Å². The summed E-state index contributed by atoms with van der Waals surface area (Å²) in [5.41, 5.74) is 0.566. The fraction of sp³-hybridized carbons (Fsp3) is 0.0909. The normalized spacial score (nSPS) is 9.71. The molecule has 0 atom stereocenters. The summed E-state index contributed by atoms with van der Waals surface area (Å²) in [7, 11) is 0. The van der Waals surface area contributed by atoms with Crippen molar-refractivity contribution >= 4 is 28.5 Å². The van der Waals surface area contributed by atoms with E-state index in [0.29, 0.717) is 16.3 Å². The smallest absolute Gasteiger partial charge is 1.00 e. The molecule has 1 N–H and O–H groups in total. The van der Waals surface area contributed by atoms with Gasteiger partial charge in [-0.1, -0.05) is 11.6 Å². The summed E-state index contributed by atoms with van der Waals surface area (Å²) in [6.07, 6.45) is 1.60. The van der Waals surface area contributed by atoms with Gasteiger partial charge in [0.2, 0.25) is 0 Å². The SMILES string of the molecule is O=C(O)COc1ccc(Cl)c2cccnc12.[H-].[Na+]. The predicted molar refractivity (Wildman–Crippen MR) is 61.0 cm³/mol. The number of nitrogens with zero attached hydrogens (tertiary/aromatic N) is 1. The first-order valence-corrected chi connectivity index (χ1v) is 4.94. The second kappa shape index (κ2) is 6.21. The Morgan fingerprint density at radius 2 is 2.24 bits per heavy atom. The van der Waals surface area contributed by atoms with E-state index in [1.807, 2.05) is 0 Å². The van der Waals surface area contributed by atoms with E-state index in [0.717, 1.165) is 5.39 Å². The quantitative estimate of drug-likeness (QED) is 0.755. The van der Waals surface area contributed by atoms with Crippen LogP contribution >= 0.6 is 11.6 Å². The van der Waals surface area contributed by atoms with Gasteiger partial charge in [-0.2, -0.15) is 0 Å². The number of aromatic nitrogens is 1. The molecule has 6 heteroatoms. The molecule has 0 fully saturated rings. The van der Waals surface area contributed by atoms with E-state index in [1.165, 1.54) is 0 Å². The van der Waals surface area contributed by atoms with E-state index in [4.69, 9.17) is 21.4 Å². The number of aliphatic carboxylic acids is 1. The molecule has 2 rings (SSSR count). The molecule has 0 amide bonds. The van der Waals surface area contributed by atoms with Gasteiger partial charge in [-0.05, 0) is 24.3 Å². The summed E-state index contributed by atoms with van der Waals surface area (Å²) in [6.45, 7) is -0.396. The summed E-state index contributed by atoms with van der Waals surface area (Å²) >= 11 is 5.98. The number of carboxylic acid groups (broad SMARTS) is 1. The minimum Gasteiger partial charge on any atom is -1.00 e. The van der Waals surface area contributed by atoms with Gasteiger partial charge in [0, 0.05) is 11.6 Å². The maximum atomic E-state index is 10.4. The Balaban J connectivity index is 0.00000144. The Bertz CT molecular complexity index is 553. The van der Waals surface area contributed by atoms with Crippen molar-refractivity contribution in [1.82, 2.24) is 4.98 Å². The van der Waals surface area contributed by atoms with E-state index >= 15 is 0 Å². The first-order chi connectivity index (χ1) is 7.68. The molecule has 0 saturated heterocycles. The molecule has 0 aliphatic rings. The molecular weight excluding hydrogens is 253 g/mol. The average molecular weight is 262 g/mol. The standard InChI is InChI=1S/C11H8ClNO3.Na.H/c12-8-3-4-9(16-6-10(14)15)11-7(8)2-1-5-13-11;;/h1-5H,6H2,(H,14,15);;/q;+1;-1. The number of carbonyl (C=O) groups is 1. The van der Waals surface area contributed by atoms with Crippen LogP contribution in [-0.4, -0.2) is 22.7 Å². The van der Waals surface area contributed by atoms with Crippen molar-refractivity contribution in [3.8, 4) is 5.75 Å². The van der Waals surface area contributed by atoms with Crippen LogP contribution in [0, 0.1) is 0 Å². The first-order valence-electron chi connectivity index (χ1n) is 4.56. The molecule has 1 aromatic heterocycles. The van der Waals surface area contributed by atoms with Gasteiger partial charge in [0.1, 0.15) is 11.3 Å². The molecule has 0 aliphatic carbocycles. The summed E-state index contributed by atoms with van der Waals surface area (Å²) < 4.78 is 5.12. The van der Waals surface area contributed by atoms with E-state index in [1.54, 1.807) is 30.5 Å². The van der Waals surface area contributed by atoms with Gasteiger partial charge in [-0.3, -0.25) is 4.98 Å². The number of hydrogen-bond acceptors (Lipinski definition) is 3. The topological polar surface area (TPSA) is 59.4 Å². The van der Waals surface area contributed by atoms with Gasteiger partial charge >= 0.3 is 35.5 Å². The molecule has 0 bridgehead atoms. The van der Waals surface area contributed by atoms with Crippen LogP contribution in [0.2, 0.25) is 5.02 Å². The van der Waals surface area contributed by atoms with E-state index in [-0.39, 0.29) is 31.0 Å². The van der Waals surface area contributed by atoms with E-state index in [2.05, 4.69) is 4.98 Å². The van der Waals surface area contributed by atoms with Crippen LogP contribution < -0.4 is 34.3 Å². The van der Waals surface area contributed by atoms with Crippen LogP contribution in [0.1, 0.15) is 1.43 Å². The minimum absolute atomic E-state index is 0. The average Bonchev–Trinajstić information content (AvgIpc) is 2.28. The number of rotatable bonds is 3. The Morgan fingerprint density at radius 3 is 2.94 bits per heavy atom. The zero-order valence-electron chi connectivity index (χ0n) is 10.2. The maximum absolute atomic E-state index is 10.4. The third-order valence-electron chi connectivity index (χ3n) is 2.03. The van der Waals surface area contributed by atoms with Crippen molar-refractivity contribution in [3.05, 3.63) is 35.5 Å². The van der Waals surface area contributed by atoms with Gasteiger partial charge < -0.3 is 11.3 Å². The zero-order valence-corrected chi connectivity index (χ0v) is 11.9. The molecule has 0 saturated carbocycles. The number of pyridine rings is 1. The molecule has 1 heterocycles. The Labute approximate surface area is 126 Å². The molecule has 1 aromatic carbocycles. The second-order valence-electron chi connectivity index (χ2n) is 3.13. The van der Waals surface area contributed by atoms with Crippen molar-refractivity contribution in [2.75, 3.05) is 6.61 Å². The predicted octanol–water partition coefficient (Wildman–Crippen LogP) is -0.532. The van der Waals surface area contributed by atoms with Gasteiger partial charge in [-0.25, -0.2) is 4.79 Å². The number of carboxylic acids is 1. The monoisotopic (exact) mass is 261 g/mol. The van der Waals surface area contributed by atoms with Crippen molar-refractivity contribution in [2.24, 2.45) is 0 Å². The van der Waals surface area contributed by atoms with Crippen molar-refractivity contribution in [3.63, 3.8) is 0 Å². The number of halogens is 1. The molecule has 0 aliphatic heterocycles. The molecular formula is C11H9ClNNaO3. The molecule has 0 spiro atoms. The summed E-state index contributed by atoms with van der Waals surface area (Å²) in [4.78, 5) is 14.5. The third kappa shape index (κ3) is 3.33. The molecule has 4 nitrogen and oxygen atoms in total. The fourth-order valence-electron chi connectivity index (χ4n) is 1.37. The van der Waals surface area contributed by atoms with Crippen molar-refractivity contribution in [1.29, 1.82) is 0 Å². The maximum Gasteiger partial charge on any atom is 1.00 e. The van der Waals surface area contributed by atoms with E-state index < -0.39 is 12.6 Å². The summed E-state index contributed by atoms with van der Waals surface area (Å²) in [5, 5.41) is 9.83. The largest absolute Gasteiger partial charge is 1.00 e. The number of ether oxygens (including phenoxy) is 1. The summed E-state index contributed by atoms with van der Waals surface area (Å²) in [6, 6.07) is 6.83.